The summed E-state index contributed by atoms with van der Waals surface area (Å²) in [6, 6.07) is 12.5. The van der Waals surface area contributed by atoms with Crippen LogP contribution < -0.4 is 19.5 Å². The highest BCUT2D eigenvalue weighted by Crippen LogP contribution is 2.26. The molecule has 8 heteroatoms. The van der Waals surface area contributed by atoms with Crippen LogP contribution in [0.3, 0.4) is 0 Å². The third-order valence-corrected chi connectivity index (χ3v) is 3.33. The molecule has 0 atom stereocenters. The lowest BCUT2D eigenvalue weighted by Crippen LogP contribution is -2.25. The molecule has 0 aromatic heterocycles. The van der Waals surface area contributed by atoms with Crippen molar-refractivity contribution in [3.63, 3.8) is 0 Å². The summed E-state index contributed by atoms with van der Waals surface area (Å²) in [5.41, 5.74) is 0.231. The van der Waals surface area contributed by atoms with Crippen molar-refractivity contribution >= 4 is 5.91 Å². The zero-order valence-corrected chi connectivity index (χ0v) is 14.0. The summed E-state index contributed by atoms with van der Waals surface area (Å²) in [5.74, 6) is 0.590. The van der Waals surface area contributed by atoms with E-state index in [1.807, 2.05) is 0 Å². The number of hydrogen-bond acceptors (Lipinski definition) is 4. The van der Waals surface area contributed by atoms with E-state index >= 15 is 0 Å². The Morgan fingerprint density at radius 1 is 1.04 bits per heavy atom. The normalized spacial score (nSPS) is 10.9. The Morgan fingerprint density at radius 3 is 2.35 bits per heavy atom. The number of hydrogen-bond donors (Lipinski definition) is 1. The molecule has 0 saturated heterocycles. The molecule has 0 fully saturated rings. The number of benzene rings is 2. The predicted octanol–water partition coefficient (Wildman–Crippen LogP) is 3.68. The summed E-state index contributed by atoms with van der Waals surface area (Å²) in [5, 5.41) is 2.54. The molecule has 2 rings (SSSR count). The SMILES string of the molecule is COc1ccc(OCCC(=O)NCc2ccccc2OC(F)(F)F)cc1. The molecule has 1 amide bonds. The van der Waals surface area contributed by atoms with Gasteiger partial charge < -0.3 is 19.5 Å². The Hall–Kier alpha value is -2.90. The van der Waals surface area contributed by atoms with E-state index in [-0.39, 0.29) is 36.8 Å². The average molecular weight is 369 g/mol. The molecule has 0 aliphatic heterocycles. The number of nitrogens with one attached hydrogen (secondary N) is 1. The molecule has 0 bridgehead atoms. The third-order valence-electron chi connectivity index (χ3n) is 3.33. The number of halogens is 3. The van der Waals surface area contributed by atoms with Gasteiger partial charge in [-0.3, -0.25) is 4.79 Å². The van der Waals surface area contributed by atoms with E-state index in [2.05, 4.69) is 10.1 Å². The molecule has 0 aliphatic rings. The number of para-hydroxylation sites is 1. The molecular formula is C18H18F3NO4. The molecule has 2 aromatic rings. The van der Waals surface area contributed by atoms with E-state index in [0.717, 1.165) is 0 Å². The molecule has 140 valence electrons. The van der Waals surface area contributed by atoms with Crippen LogP contribution in [0.5, 0.6) is 17.2 Å². The van der Waals surface area contributed by atoms with Crippen LogP contribution in [0, 0.1) is 0 Å². The summed E-state index contributed by atoms with van der Waals surface area (Å²) in [4.78, 5) is 11.8. The zero-order chi connectivity index (χ0) is 19.0. The molecule has 0 aliphatic carbocycles. The van der Waals surface area contributed by atoms with Crippen LogP contribution in [0.2, 0.25) is 0 Å². The minimum atomic E-state index is -4.79. The molecule has 0 heterocycles. The van der Waals surface area contributed by atoms with Gasteiger partial charge in [0.05, 0.1) is 20.1 Å². The molecule has 26 heavy (non-hydrogen) atoms. The fraction of sp³-hybridized carbons (Fsp3) is 0.278. The summed E-state index contributed by atoms with van der Waals surface area (Å²) < 4.78 is 51.5. The van der Waals surface area contributed by atoms with Gasteiger partial charge in [-0.15, -0.1) is 13.2 Å². The van der Waals surface area contributed by atoms with Crippen LogP contribution in [0.15, 0.2) is 48.5 Å². The second kappa shape index (κ2) is 8.98. The lowest BCUT2D eigenvalue weighted by molar-refractivity contribution is -0.274. The molecule has 0 unspecified atom stereocenters. The highest BCUT2D eigenvalue weighted by molar-refractivity contribution is 5.76. The number of rotatable bonds is 8. The van der Waals surface area contributed by atoms with Crippen LogP contribution in [-0.4, -0.2) is 26.0 Å². The van der Waals surface area contributed by atoms with E-state index in [1.165, 1.54) is 18.2 Å². The fourth-order valence-corrected chi connectivity index (χ4v) is 2.09. The number of ether oxygens (including phenoxy) is 3. The van der Waals surface area contributed by atoms with E-state index in [4.69, 9.17) is 9.47 Å². The number of methoxy groups -OCH3 is 1. The number of alkyl halides is 3. The van der Waals surface area contributed by atoms with Crippen molar-refractivity contribution in [2.45, 2.75) is 19.3 Å². The molecule has 5 nitrogen and oxygen atoms in total. The van der Waals surface area contributed by atoms with Gasteiger partial charge in [0, 0.05) is 12.1 Å². The summed E-state index contributed by atoms with van der Waals surface area (Å²) in [6.07, 6.45) is -4.72. The smallest absolute Gasteiger partial charge is 0.497 e. The van der Waals surface area contributed by atoms with E-state index < -0.39 is 6.36 Å². The van der Waals surface area contributed by atoms with Crippen LogP contribution in [0.4, 0.5) is 13.2 Å². The summed E-state index contributed by atoms with van der Waals surface area (Å²) >= 11 is 0. The van der Waals surface area contributed by atoms with Gasteiger partial charge in [0.1, 0.15) is 17.2 Å². The summed E-state index contributed by atoms with van der Waals surface area (Å²) in [6.45, 7) is 0.0620. The standard InChI is InChI=1S/C18H18F3NO4/c1-24-14-6-8-15(9-7-14)25-11-10-17(23)22-12-13-4-2-3-5-16(13)26-18(19,20)21/h2-9H,10-12H2,1H3,(H,22,23). The van der Waals surface area contributed by atoms with Gasteiger partial charge in [0.15, 0.2) is 0 Å². The molecule has 0 saturated carbocycles. The molecule has 0 spiro atoms. The van der Waals surface area contributed by atoms with Gasteiger partial charge in [-0.2, -0.15) is 0 Å². The van der Waals surface area contributed by atoms with Gasteiger partial charge in [-0.1, -0.05) is 18.2 Å². The maximum atomic E-state index is 12.4. The minimum Gasteiger partial charge on any atom is -0.497 e. The van der Waals surface area contributed by atoms with Crippen LogP contribution in [0.25, 0.3) is 0 Å². The van der Waals surface area contributed by atoms with Crippen LogP contribution >= 0.6 is 0 Å². The number of amides is 1. The van der Waals surface area contributed by atoms with E-state index in [9.17, 15) is 18.0 Å². The lowest BCUT2D eigenvalue weighted by Gasteiger charge is -2.13. The monoisotopic (exact) mass is 369 g/mol. The van der Waals surface area contributed by atoms with E-state index in [0.29, 0.717) is 11.5 Å². The van der Waals surface area contributed by atoms with Gasteiger partial charge >= 0.3 is 6.36 Å². The van der Waals surface area contributed by atoms with Gasteiger partial charge in [0.25, 0.3) is 0 Å². The molecule has 0 radical (unpaired) electrons. The Kier molecular flexibility index (Phi) is 6.71. The van der Waals surface area contributed by atoms with Crippen molar-refractivity contribution < 1.29 is 32.2 Å². The first kappa shape index (κ1) is 19.4. The second-order valence-corrected chi connectivity index (χ2v) is 5.21. The second-order valence-electron chi connectivity index (χ2n) is 5.21. The minimum absolute atomic E-state index is 0.0638. The van der Waals surface area contributed by atoms with Crippen molar-refractivity contribution in [2.75, 3.05) is 13.7 Å². The predicted molar refractivity (Wildman–Crippen MR) is 88.1 cm³/mol. The topological polar surface area (TPSA) is 56.8 Å². The Morgan fingerprint density at radius 2 is 1.69 bits per heavy atom. The number of carbonyl (C=O) groups excluding carboxylic acids is 1. The van der Waals surface area contributed by atoms with Gasteiger partial charge in [-0.25, -0.2) is 0 Å². The van der Waals surface area contributed by atoms with Gasteiger partial charge in [-0.05, 0) is 30.3 Å². The average Bonchev–Trinajstić information content (AvgIpc) is 2.60. The molecular weight excluding hydrogens is 351 g/mol. The lowest BCUT2D eigenvalue weighted by atomic mass is 10.2. The largest absolute Gasteiger partial charge is 0.573 e. The Labute approximate surface area is 148 Å². The van der Waals surface area contributed by atoms with Crippen molar-refractivity contribution in [3.05, 3.63) is 54.1 Å². The Balaban J connectivity index is 1.78. The van der Waals surface area contributed by atoms with Crippen molar-refractivity contribution in [3.8, 4) is 17.2 Å². The first-order chi connectivity index (χ1) is 12.4. The van der Waals surface area contributed by atoms with E-state index in [1.54, 1.807) is 37.4 Å². The number of carbonyl (C=O) groups is 1. The molecule has 2 aromatic carbocycles. The summed E-state index contributed by atoms with van der Waals surface area (Å²) in [7, 11) is 1.55. The highest BCUT2D eigenvalue weighted by Gasteiger charge is 2.31. The molecule has 1 N–H and O–H groups in total. The van der Waals surface area contributed by atoms with Crippen molar-refractivity contribution in [2.24, 2.45) is 0 Å². The highest BCUT2D eigenvalue weighted by atomic mass is 19.4. The van der Waals surface area contributed by atoms with Crippen molar-refractivity contribution in [1.29, 1.82) is 0 Å². The van der Waals surface area contributed by atoms with Crippen LogP contribution in [-0.2, 0) is 11.3 Å². The zero-order valence-electron chi connectivity index (χ0n) is 14.0. The third kappa shape index (κ3) is 6.54. The first-order valence-corrected chi connectivity index (χ1v) is 7.74. The Bertz CT molecular complexity index is 717. The fourth-order valence-electron chi connectivity index (χ4n) is 2.09. The maximum Gasteiger partial charge on any atom is 0.573 e. The van der Waals surface area contributed by atoms with Crippen LogP contribution in [0.1, 0.15) is 12.0 Å². The maximum absolute atomic E-state index is 12.4. The van der Waals surface area contributed by atoms with Crippen molar-refractivity contribution in [1.82, 2.24) is 5.32 Å². The quantitative estimate of drug-likeness (QED) is 0.771. The van der Waals surface area contributed by atoms with Gasteiger partial charge in [0.2, 0.25) is 5.91 Å². The first-order valence-electron chi connectivity index (χ1n) is 7.74.